The first-order valence-corrected chi connectivity index (χ1v) is 2.89. The minimum Gasteiger partial charge on any atom is -0.234 e. The molecule has 0 spiro atoms. The number of nitrogens with zero attached hydrogens (tertiary/aromatic N) is 6. The highest BCUT2D eigenvalue weighted by Crippen LogP contribution is 1.92. The topological polar surface area (TPSA) is 69.4 Å². The number of hydrogen-bond acceptors (Lipinski definition) is 5. The van der Waals surface area contributed by atoms with Gasteiger partial charge < -0.3 is 0 Å². The largest absolute Gasteiger partial charge is 0.234 e. The molecule has 53 valence electrons. The molecule has 0 fully saturated rings. The molecule has 0 N–H and O–H groups in total. The van der Waals surface area contributed by atoms with E-state index in [9.17, 15) is 0 Å². The SMILES string of the molecule is [c]1nccc(-n2ncnn2)n1. The Morgan fingerprint density at radius 2 is 2.45 bits per heavy atom. The Kier molecular flexibility index (Phi) is 1.29. The molecular weight excluding hydrogens is 144 g/mol. The van der Waals surface area contributed by atoms with Crippen LogP contribution in [-0.4, -0.2) is 30.2 Å². The molecule has 0 saturated carbocycles. The molecule has 2 rings (SSSR count). The summed E-state index contributed by atoms with van der Waals surface area (Å²) in [5.41, 5.74) is 0. The van der Waals surface area contributed by atoms with Crippen LogP contribution in [0.25, 0.3) is 5.82 Å². The molecule has 0 bridgehead atoms. The molecule has 2 aromatic rings. The van der Waals surface area contributed by atoms with Crippen LogP contribution in [0, 0.1) is 6.33 Å². The predicted octanol–water partition coefficient (Wildman–Crippen LogP) is -0.748. The zero-order valence-corrected chi connectivity index (χ0v) is 5.42. The molecule has 2 aromatic heterocycles. The summed E-state index contributed by atoms with van der Waals surface area (Å²) in [6.07, 6.45) is 5.32. The van der Waals surface area contributed by atoms with Crippen molar-refractivity contribution in [2.45, 2.75) is 0 Å². The summed E-state index contributed by atoms with van der Waals surface area (Å²) < 4.78 is 0. The standard InChI is InChI=1S/C5H3N6/c1-2-6-3-7-5(1)11-9-4-8-10-11/h1-2,4H. The van der Waals surface area contributed by atoms with Gasteiger partial charge in [-0.15, -0.1) is 15.0 Å². The van der Waals surface area contributed by atoms with E-state index < -0.39 is 0 Å². The fraction of sp³-hybridized carbons (Fsp3) is 0. The van der Waals surface area contributed by atoms with Crippen molar-refractivity contribution in [1.29, 1.82) is 0 Å². The Bertz CT molecular complexity index is 314. The Morgan fingerprint density at radius 3 is 3.09 bits per heavy atom. The monoisotopic (exact) mass is 147 g/mol. The molecule has 0 unspecified atom stereocenters. The van der Waals surface area contributed by atoms with Crippen LogP contribution in [0.15, 0.2) is 18.6 Å². The van der Waals surface area contributed by atoms with Crippen molar-refractivity contribution in [3.63, 3.8) is 0 Å². The van der Waals surface area contributed by atoms with Crippen LogP contribution < -0.4 is 0 Å². The normalized spacial score (nSPS) is 9.82. The lowest BCUT2D eigenvalue weighted by Gasteiger charge is -1.91. The highest BCUT2D eigenvalue weighted by atomic mass is 15.6. The zero-order valence-electron chi connectivity index (χ0n) is 5.42. The van der Waals surface area contributed by atoms with Gasteiger partial charge in [-0.3, -0.25) is 0 Å². The van der Waals surface area contributed by atoms with E-state index in [1.807, 2.05) is 0 Å². The van der Waals surface area contributed by atoms with Crippen molar-refractivity contribution in [1.82, 2.24) is 30.2 Å². The van der Waals surface area contributed by atoms with Crippen LogP contribution in [0.5, 0.6) is 0 Å². The van der Waals surface area contributed by atoms with Crippen LogP contribution in [-0.2, 0) is 0 Å². The quantitative estimate of drug-likeness (QED) is 0.531. The van der Waals surface area contributed by atoms with E-state index in [0.717, 1.165) is 0 Å². The van der Waals surface area contributed by atoms with Gasteiger partial charge >= 0.3 is 0 Å². The minimum absolute atomic E-state index is 0.553. The predicted molar refractivity (Wildman–Crippen MR) is 33.6 cm³/mol. The molecule has 2 heterocycles. The van der Waals surface area contributed by atoms with Gasteiger partial charge in [0.2, 0.25) is 0 Å². The molecule has 0 amide bonds. The summed E-state index contributed by atoms with van der Waals surface area (Å²) in [5, 5.41) is 10.9. The van der Waals surface area contributed by atoms with Crippen molar-refractivity contribution < 1.29 is 0 Å². The van der Waals surface area contributed by atoms with Crippen LogP contribution in [0.2, 0.25) is 0 Å². The lowest BCUT2D eigenvalue weighted by Crippen LogP contribution is -2.01. The number of rotatable bonds is 1. The third-order valence-electron chi connectivity index (χ3n) is 1.07. The minimum atomic E-state index is 0.553. The summed E-state index contributed by atoms with van der Waals surface area (Å²) >= 11 is 0. The van der Waals surface area contributed by atoms with Crippen molar-refractivity contribution in [2.75, 3.05) is 0 Å². The second-order valence-electron chi connectivity index (χ2n) is 1.74. The van der Waals surface area contributed by atoms with Crippen molar-refractivity contribution in [2.24, 2.45) is 0 Å². The third kappa shape index (κ3) is 1.05. The van der Waals surface area contributed by atoms with E-state index in [0.29, 0.717) is 5.82 Å². The summed E-state index contributed by atoms with van der Waals surface area (Å²) in [7, 11) is 0. The summed E-state index contributed by atoms with van der Waals surface area (Å²) in [5.74, 6) is 0.553. The van der Waals surface area contributed by atoms with Crippen LogP contribution in [0.4, 0.5) is 0 Å². The highest BCUT2D eigenvalue weighted by molar-refractivity contribution is 5.12. The molecule has 0 saturated heterocycles. The number of tetrazole rings is 1. The first-order chi connectivity index (χ1) is 5.47. The number of hydrogen-bond donors (Lipinski definition) is 0. The molecule has 0 atom stereocenters. The van der Waals surface area contributed by atoms with Crippen LogP contribution in [0.3, 0.4) is 0 Å². The van der Waals surface area contributed by atoms with Crippen molar-refractivity contribution in [3.05, 3.63) is 24.9 Å². The summed E-state index contributed by atoms with van der Waals surface area (Å²) in [4.78, 5) is 8.70. The van der Waals surface area contributed by atoms with Crippen molar-refractivity contribution >= 4 is 0 Å². The third-order valence-corrected chi connectivity index (χ3v) is 1.07. The maximum atomic E-state index is 3.78. The van der Waals surface area contributed by atoms with Gasteiger partial charge in [-0.25, -0.2) is 9.97 Å². The molecule has 1 radical (unpaired) electrons. The Balaban J connectivity index is 2.46. The molecule has 6 heteroatoms. The van der Waals surface area contributed by atoms with Gasteiger partial charge in [0, 0.05) is 12.3 Å². The van der Waals surface area contributed by atoms with Gasteiger partial charge in [0.05, 0.1) is 0 Å². The molecular formula is C5H3N6. The lowest BCUT2D eigenvalue weighted by atomic mass is 10.6. The smallest absolute Gasteiger partial charge is 0.199 e. The first-order valence-electron chi connectivity index (χ1n) is 2.89. The van der Waals surface area contributed by atoms with Crippen molar-refractivity contribution in [3.8, 4) is 5.82 Å². The molecule has 6 nitrogen and oxygen atoms in total. The Hall–Kier alpha value is -1.85. The first kappa shape index (κ1) is 5.90. The van der Waals surface area contributed by atoms with E-state index in [-0.39, 0.29) is 0 Å². The van der Waals surface area contributed by atoms with E-state index >= 15 is 0 Å². The van der Waals surface area contributed by atoms with Gasteiger partial charge in [0.25, 0.3) is 0 Å². The van der Waals surface area contributed by atoms with E-state index in [1.165, 1.54) is 11.1 Å². The zero-order chi connectivity index (χ0) is 7.52. The van der Waals surface area contributed by atoms with Gasteiger partial charge in [0.15, 0.2) is 18.5 Å². The van der Waals surface area contributed by atoms with Crippen LogP contribution in [0.1, 0.15) is 0 Å². The van der Waals surface area contributed by atoms with Gasteiger partial charge in [-0.05, 0) is 5.21 Å². The number of aromatic nitrogens is 6. The van der Waals surface area contributed by atoms with Gasteiger partial charge in [-0.2, -0.15) is 0 Å². The average molecular weight is 147 g/mol. The maximum absolute atomic E-state index is 3.78. The molecule has 0 aliphatic carbocycles. The van der Waals surface area contributed by atoms with Gasteiger partial charge in [-0.1, -0.05) is 0 Å². The molecule has 0 aliphatic rings. The molecule has 11 heavy (non-hydrogen) atoms. The van der Waals surface area contributed by atoms with E-state index in [4.69, 9.17) is 0 Å². The van der Waals surface area contributed by atoms with E-state index in [1.54, 1.807) is 12.3 Å². The Morgan fingerprint density at radius 1 is 1.45 bits per heavy atom. The van der Waals surface area contributed by atoms with Crippen LogP contribution >= 0.6 is 0 Å². The molecule has 0 aromatic carbocycles. The van der Waals surface area contributed by atoms with Gasteiger partial charge in [0.1, 0.15) is 0 Å². The highest BCUT2D eigenvalue weighted by Gasteiger charge is 1.96. The maximum Gasteiger partial charge on any atom is 0.199 e. The van der Waals surface area contributed by atoms with E-state index in [2.05, 4.69) is 31.7 Å². The fourth-order valence-corrected chi connectivity index (χ4v) is 0.638. The molecule has 0 aliphatic heterocycles. The Labute approximate surface area is 61.9 Å². The average Bonchev–Trinajstić information content (AvgIpc) is 2.58. The summed E-state index contributed by atoms with van der Waals surface area (Å²) in [6.45, 7) is 0. The summed E-state index contributed by atoms with van der Waals surface area (Å²) in [6, 6.07) is 1.66. The lowest BCUT2D eigenvalue weighted by molar-refractivity contribution is 0.697. The second kappa shape index (κ2) is 2.41. The second-order valence-corrected chi connectivity index (χ2v) is 1.74. The fourth-order valence-electron chi connectivity index (χ4n) is 0.638.